The van der Waals surface area contributed by atoms with Gasteiger partial charge in [-0.05, 0) is 6.08 Å². The predicted octanol–water partition coefficient (Wildman–Crippen LogP) is 1.47. The van der Waals surface area contributed by atoms with Crippen LogP contribution in [0.3, 0.4) is 0 Å². The highest BCUT2D eigenvalue weighted by Crippen LogP contribution is 2.24. The van der Waals surface area contributed by atoms with Crippen LogP contribution in [0.15, 0.2) is 24.0 Å². The molecule has 0 bridgehead atoms. The van der Waals surface area contributed by atoms with Crippen molar-refractivity contribution >= 4 is 0 Å². The van der Waals surface area contributed by atoms with E-state index >= 15 is 0 Å². The minimum Gasteiger partial charge on any atom is -0.501 e. The van der Waals surface area contributed by atoms with Gasteiger partial charge in [-0.25, -0.2) is 0 Å². The van der Waals surface area contributed by atoms with Crippen LogP contribution in [0.2, 0.25) is 0 Å². The summed E-state index contributed by atoms with van der Waals surface area (Å²) < 4.78 is 15.5. The van der Waals surface area contributed by atoms with Gasteiger partial charge in [0.25, 0.3) is 0 Å². The second-order valence-corrected chi connectivity index (χ2v) is 2.55. The van der Waals surface area contributed by atoms with Crippen molar-refractivity contribution in [3.05, 3.63) is 24.0 Å². The third-order valence-electron chi connectivity index (χ3n) is 1.93. The fraction of sp³-hybridized carbons (Fsp3) is 0.556. The summed E-state index contributed by atoms with van der Waals surface area (Å²) in [5.74, 6) is 0.130. The van der Waals surface area contributed by atoms with Crippen LogP contribution in [-0.2, 0) is 14.2 Å². The van der Waals surface area contributed by atoms with E-state index in [1.807, 2.05) is 18.2 Å². The quantitative estimate of drug-likeness (QED) is 0.474. The monoisotopic (exact) mass is 170 g/mol. The largest absolute Gasteiger partial charge is 0.501 e. The Morgan fingerprint density at radius 1 is 1.25 bits per heavy atom. The average Bonchev–Trinajstić information content (AvgIpc) is 2.18. The molecule has 1 aliphatic carbocycles. The van der Waals surface area contributed by atoms with Crippen LogP contribution >= 0.6 is 0 Å². The van der Waals surface area contributed by atoms with E-state index in [1.54, 1.807) is 21.3 Å². The molecule has 0 spiro atoms. The number of rotatable bonds is 3. The third kappa shape index (κ3) is 1.68. The molecule has 0 atom stereocenters. The smallest absolute Gasteiger partial charge is 0.211 e. The first kappa shape index (κ1) is 9.29. The lowest BCUT2D eigenvalue weighted by molar-refractivity contribution is -0.136. The molecule has 68 valence electrons. The Morgan fingerprint density at radius 3 is 2.42 bits per heavy atom. The first-order valence-electron chi connectivity index (χ1n) is 3.80. The van der Waals surface area contributed by atoms with Crippen LogP contribution in [0.1, 0.15) is 6.42 Å². The van der Waals surface area contributed by atoms with Crippen molar-refractivity contribution < 1.29 is 14.2 Å². The maximum atomic E-state index is 5.19. The molecule has 0 fully saturated rings. The molecule has 0 aliphatic heterocycles. The minimum absolute atomic E-state index is 0.733. The highest BCUT2D eigenvalue weighted by molar-refractivity contribution is 5.20. The SMILES string of the molecule is COC1=CC(OC)(OC)C=CC1. The van der Waals surface area contributed by atoms with Crippen LogP contribution in [0, 0.1) is 0 Å². The van der Waals surface area contributed by atoms with E-state index in [0.29, 0.717) is 0 Å². The molecule has 3 heteroatoms. The number of ether oxygens (including phenoxy) is 3. The van der Waals surface area contributed by atoms with Gasteiger partial charge in [0.1, 0.15) is 5.76 Å². The van der Waals surface area contributed by atoms with Gasteiger partial charge in [0, 0.05) is 26.7 Å². The van der Waals surface area contributed by atoms with E-state index in [0.717, 1.165) is 12.2 Å². The van der Waals surface area contributed by atoms with Gasteiger partial charge in [0.15, 0.2) is 0 Å². The summed E-state index contributed by atoms with van der Waals surface area (Å²) >= 11 is 0. The van der Waals surface area contributed by atoms with E-state index in [9.17, 15) is 0 Å². The normalized spacial score (nSPS) is 20.4. The van der Waals surface area contributed by atoms with Gasteiger partial charge < -0.3 is 14.2 Å². The maximum Gasteiger partial charge on any atom is 0.211 e. The van der Waals surface area contributed by atoms with Crippen molar-refractivity contribution in [1.29, 1.82) is 0 Å². The van der Waals surface area contributed by atoms with E-state index < -0.39 is 5.79 Å². The first-order valence-corrected chi connectivity index (χ1v) is 3.80. The standard InChI is InChI=1S/C9H14O3/c1-10-8-5-4-6-9(7-8,11-2)12-3/h4,6-7H,5H2,1-3H3. The van der Waals surface area contributed by atoms with Crippen LogP contribution in [0.4, 0.5) is 0 Å². The Balaban J connectivity index is 2.81. The molecule has 0 saturated carbocycles. The third-order valence-corrected chi connectivity index (χ3v) is 1.93. The summed E-state index contributed by atoms with van der Waals surface area (Å²) in [5.41, 5.74) is 0. The molecule has 1 aliphatic rings. The van der Waals surface area contributed by atoms with Gasteiger partial charge in [-0.2, -0.15) is 0 Å². The molecule has 12 heavy (non-hydrogen) atoms. The fourth-order valence-electron chi connectivity index (χ4n) is 1.15. The Hall–Kier alpha value is -0.800. The zero-order chi connectivity index (χ0) is 9.03. The van der Waals surface area contributed by atoms with Crippen molar-refractivity contribution in [3.63, 3.8) is 0 Å². The second kappa shape index (κ2) is 3.74. The van der Waals surface area contributed by atoms with E-state index in [1.165, 1.54) is 0 Å². The van der Waals surface area contributed by atoms with Crippen molar-refractivity contribution in [2.45, 2.75) is 12.2 Å². The van der Waals surface area contributed by atoms with Crippen LogP contribution in [0.25, 0.3) is 0 Å². The summed E-state index contributed by atoms with van der Waals surface area (Å²) in [4.78, 5) is 0. The van der Waals surface area contributed by atoms with Gasteiger partial charge in [0.2, 0.25) is 5.79 Å². The molecular weight excluding hydrogens is 156 g/mol. The van der Waals surface area contributed by atoms with Gasteiger partial charge in [-0.15, -0.1) is 0 Å². The molecule has 0 aromatic carbocycles. The predicted molar refractivity (Wildman–Crippen MR) is 45.6 cm³/mol. The summed E-state index contributed by atoms with van der Waals surface area (Å²) in [6, 6.07) is 0. The fourth-order valence-corrected chi connectivity index (χ4v) is 1.15. The van der Waals surface area contributed by atoms with Gasteiger partial charge in [0.05, 0.1) is 7.11 Å². The van der Waals surface area contributed by atoms with Crippen molar-refractivity contribution in [3.8, 4) is 0 Å². The number of methoxy groups -OCH3 is 3. The zero-order valence-corrected chi connectivity index (χ0v) is 7.66. The van der Waals surface area contributed by atoms with E-state index in [4.69, 9.17) is 14.2 Å². The molecule has 0 amide bonds. The lowest BCUT2D eigenvalue weighted by atomic mass is 10.1. The molecule has 1 rings (SSSR count). The van der Waals surface area contributed by atoms with Crippen LogP contribution < -0.4 is 0 Å². The highest BCUT2D eigenvalue weighted by Gasteiger charge is 2.26. The second-order valence-electron chi connectivity index (χ2n) is 2.55. The van der Waals surface area contributed by atoms with Crippen molar-refractivity contribution in [2.75, 3.05) is 21.3 Å². The molecule has 0 saturated heterocycles. The highest BCUT2D eigenvalue weighted by atomic mass is 16.7. The molecule has 0 radical (unpaired) electrons. The van der Waals surface area contributed by atoms with Gasteiger partial charge in [-0.3, -0.25) is 0 Å². The number of hydrogen-bond acceptors (Lipinski definition) is 3. The van der Waals surface area contributed by atoms with Crippen molar-refractivity contribution in [2.24, 2.45) is 0 Å². The summed E-state index contributed by atoms with van der Waals surface area (Å²) in [6.45, 7) is 0. The van der Waals surface area contributed by atoms with Gasteiger partial charge in [-0.1, -0.05) is 6.08 Å². The van der Waals surface area contributed by atoms with Crippen molar-refractivity contribution in [1.82, 2.24) is 0 Å². The topological polar surface area (TPSA) is 27.7 Å². The molecular formula is C9H14O3. The summed E-state index contributed by atoms with van der Waals surface area (Å²) in [5, 5.41) is 0. The van der Waals surface area contributed by atoms with E-state index in [-0.39, 0.29) is 0 Å². The minimum atomic E-state index is -0.733. The Labute approximate surface area is 72.6 Å². The van der Waals surface area contributed by atoms with Crippen LogP contribution in [-0.4, -0.2) is 27.1 Å². The lowest BCUT2D eigenvalue weighted by Gasteiger charge is -2.27. The summed E-state index contributed by atoms with van der Waals surface area (Å²) in [7, 11) is 4.84. The molecule has 0 aromatic rings. The van der Waals surface area contributed by atoms with Gasteiger partial charge >= 0.3 is 0 Å². The Kier molecular flexibility index (Phi) is 2.89. The molecule has 0 N–H and O–H groups in total. The summed E-state index contributed by atoms with van der Waals surface area (Å²) in [6.07, 6.45) is 6.46. The molecule has 3 nitrogen and oxygen atoms in total. The van der Waals surface area contributed by atoms with E-state index in [2.05, 4.69) is 0 Å². The number of hydrogen-bond donors (Lipinski definition) is 0. The molecule has 0 unspecified atom stereocenters. The molecule has 0 aromatic heterocycles. The number of allylic oxidation sites excluding steroid dienone is 1. The zero-order valence-electron chi connectivity index (χ0n) is 7.66. The lowest BCUT2D eigenvalue weighted by Crippen LogP contribution is -2.30. The Bertz CT molecular complexity index is 202. The average molecular weight is 170 g/mol. The maximum absolute atomic E-state index is 5.19. The first-order chi connectivity index (χ1) is 5.76. The Morgan fingerprint density at radius 2 is 1.92 bits per heavy atom. The van der Waals surface area contributed by atoms with Crippen LogP contribution in [0.5, 0.6) is 0 Å². The molecule has 0 heterocycles.